The Hall–Kier alpha value is -1.84. The molecule has 23 heavy (non-hydrogen) atoms. The molecule has 0 aliphatic rings. The lowest BCUT2D eigenvalue weighted by atomic mass is 10.1. The number of benzene rings is 1. The standard InChI is InChI=1S/C19H28O4/c1-5-7-8-17(6-2)23-19(21)16-11-9-15(10-12-16)18(20)22-13-14(3)4/h9-12,14,17H,5-8,13H2,1-4H3. The minimum absolute atomic E-state index is 0.0434. The molecule has 0 N–H and O–H groups in total. The van der Waals surface area contributed by atoms with Crippen LogP contribution in [0.3, 0.4) is 0 Å². The molecule has 0 heterocycles. The fourth-order valence-corrected chi connectivity index (χ4v) is 2.07. The number of ether oxygens (including phenoxy) is 2. The molecule has 0 radical (unpaired) electrons. The number of rotatable bonds is 9. The van der Waals surface area contributed by atoms with E-state index < -0.39 is 0 Å². The molecule has 0 bridgehead atoms. The largest absolute Gasteiger partial charge is 0.462 e. The normalized spacial score (nSPS) is 12.0. The number of unbranched alkanes of at least 4 members (excludes halogenated alkanes) is 1. The van der Waals surface area contributed by atoms with Gasteiger partial charge in [-0.25, -0.2) is 9.59 Å². The molecule has 4 heteroatoms. The van der Waals surface area contributed by atoms with Gasteiger partial charge in [-0.3, -0.25) is 0 Å². The van der Waals surface area contributed by atoms with Crippen LogP contribution in [0.4, 0.5) is 0 Å². The van der Waals surface area contributed by atoms with Crippen molar-refractivity contribution in [1.82, 2.24) is 0 Å². The number of hydrogen-bond donors (Lipinski definition) is 0. The zero-order chi connectivity index (χ0) is 17.2. The van der Waals surface area contributed by atoms with Crippen LogP contribution in [-0.4, -0.2) is 24.6 Å². The van der Waals surface area contributed by atoms with Crippen LogP contribution in [0, 0.1) is 5.92 Å². The fourth-order valence-electron chi connectivity index (χ4n) is 2.07. The average molecular weight is 320 g/mol. The third kappa shape index (κ3) is 6.85. The van der Waals surface area contributed by atoms with Gasteiger partial charge in [0.05, 0.1) is 17.7 Å². The predicted octanol–water partition coefficient (Wildman–Crippen LogP) is 4.63. The highest BCUT2D eigenvalue weighted by Gasteiger charge is 2.15. The van der Waals surface area contributed by atoms with Gasteiger partial charge in [-0.15, -0.1) is 0 Å². The van der Waals surface area contributed by atoms with E-state index in [2.05, 4.69) is 6.92 Å². The van der Waals surface area contributed by atoms with E-state index in [0.29, 0.717) is 23.7 Å². The summed E-state index contributed by atoms with van der Waals surface area (Å²) in [6, 6.07) is 6.43. The molecule has 0 saturated carbocycles. The molecule has 0 aliphatic heterocycles. The number of esters is 2. The van der Waals surface area contributed by atoms with Gasteiger partial charge in [-0.2, -0.15) is 0 Å². The van der Waals surface area contributed by atoms with E-state index >= 15 is 0 Å². The smallest absolute Gasteiger partial charge is 0.338 e. The van der Waals surface area contributed by atoms with Crippen molar-refractivity contribution in [1.29, 1.82) is 0 Å². The summed E-state index contributed by atoms with van der Waals surface area (Å²) in [6.45, 7) is 8.48. The van der Waals surface area contributed by atoms with Crippen molar-refractivity contribution in [2.75, 3.05) is 6.61 Å². The third-order valence-electron chi connectivity index (χ3n) is 3.51. The van der Waals surface area contributed by atoms with Crippen molar-refractivity contribution >= 4 is 11.9 Å². The Kier molecular flexibility index (Phi) is 8.38. The Bertz CT molecular complexity index is 491. The molecule has 1 unspecified atom stereocenters. The van der Waals surface area contributed by atoms with Gasteiger partial charge in [0.2, 0.25) is 0 Å². The molecular formula is C19H28O4. The Labute approximate surface area is 139 Å². The summed E-state index contributed by atoms with van der Waals surface area (Å²) in [6.07, 6.45) is 3.79. The molecular weight excluding hydrogens is 292 g/mol. The third-order valence-corrected chi connectivity index (χ3v) is 3.51. The lowest BCUT2D eigenvalue weighted by molar-refractivity contribution is 0.0267. The highest BCUT2D eigenvalue weighted by molar-refractivity contribution is 5.93. The van der Waals surface area contributed by atoms with Crippen LogP contribution in [0.5, 0.6) is 0 Å². The molecule has 0 aliphatic carbocycles. The molecule has 0 aromatic heterocycles. The van der Waals surface area contributed by atoms with Crippen molar-refractivity contribution in [2.24, 2.45) is 5.92 Å². The molecule has 128 valence electrons. The first kappa shape index (κ1) is 19.2. The number of hydrogen-bond acceptors (Lipinski definition) is 4. The minimum atomic E-state index is -0.368. The second-order valence-corrected chi connectivity index (χ2v) is 6.15. The van der Waals surface area contributed by atoms with Gasteiger partial charge < -0.3 is 9.47 Å². The molecule has 1 aromatic carbocycles. The van der Waals surface area contributed by atoms with Crippen molar-refractivity contribution in [2.45, 2.75) is 59.5 Å². The van der Waals surface area contributed by atoms with E-state index in [0.717, 1.165) is 25.7 Å². The van der Waals surface area contributed by atoms with Gasteiger partial charge in [-0.05, 0) is 43.0 Å². The Morgan fingerprint density at radius 3 is 2.04 bits per heavy atom. The monoisotopic (exact) mass is 320 g/mol. The Morgan fingerprint density at radius 1 is 1.00 bits per heavy atom. The zero-order valence-corrected chi connectivity index (χ0v) is 14.6. The molecule has 0 saturated heterocycles. The summed E-state index contributed by atoms with van der Waals surface area (Å²) in [7, 11) is 0. The first-order valence-electron chi connectivity index (χ1n) is 8.46. The zero-order valence-electron chi connectivity index (χ0n) is 14.6. The maximum Gasteiger partial charge on any atom is 0.338 e. The van der Waals surface area contributed by atoms with Crippen LogP contribution >= 0.6 is 0 Å². The van der Waals surface area contributed by atoms with Crippen LogP contribution < -0.4 is 0 Å². The second-order valence-electron chi connectivity index (χ2n) is 6.15. The van der Waals surface area contributed by atoms with Gasteiger partial charge in [-0.1, -0.05) is 40.5 Å². The van der Waals surface area contributed by atoms with Crippen LogP contribution in [0.1, 0.15) is 74.1 Å². The number of carbonyl (C=O) groups excluding carboxylic acids is 2. The van der Waals surface area contributed by atoms with Crippen molar-refractivity contribution in [3.05, 3.63) is 35.4 Å². The van der Waals surface area contributed by atoms with Gasteiger partial charge in [0.1, 0.15) is 6.10 Å². The van der Waals surface area contributed by atoms with E-state index in [1.165, 1.54) is 0 Å². The molecule has 0 spiro atoms. The van der Waals surface area contributed by atoms with E-state index in [1.54, 1.807) is 24.3 Å². The van der Waals surface area contributed by atoms with Gasteiger partial charge in [0.15, 0.2) is 0 Å². The van der Waals surface area contributed by atoms with Gasteiger partial charge in [0.25, 0.3) is 0 Å². The van der Waals surface area contributed by atoms with Crippen LogP contribution in [0.25, 0.3) is 0 Å². The van der Waals surface area contributed by atoms with E-state index in [9.17, 15) is 9.59 Å². The first-order valence-corrected chi connectivity index (χ1v) is 8.46. The fraction of sp³-hybridized carbons (Fsp3) is 0.579. The highest BCUT2D eigenvalue weighted by atomic mass is 16.5. The summed E-state index contributed by atoms with van der Waals surface area (Å²) < 4.78 is 10.7. The maximum atomic E-state index is 12.1. The van der Waals surface area contributed by atoms with E-state index in [1.807, 2.05) is 20.8 Å². The summed E-state index contributed by atoms with van der Waals surface area (Å²) in [5.41, 5.74) is 0.903. The predicted molar refractivity (Wildman–Crippen MR) is 90.6 cm³/mol. The molecule has 1 atom stereocenters. The molecule has 1 rings (SSSR count). The van der Waals surface area contributed by atoms with Crippen molar-refractivity contribution in [3.8, 4) is 0 Å². The molecule has 0 fully saturated rings. The van der Waals surface area contributed by atoms with E-state index in [4.69, 9.17) is 9.47 Å². The average Bonchev–Trinajstić information content (AvgIpc) is 2.56. The van der Waals surface area contributed by atoms with Gasteiger partial charge in [0, 0.05) is 0 Å². The number of carbonyl (C=O) groups is 2. The molecule has 4 nitrogen and oxygen atoms in total. The lowest BCUT2D eigenvalue weighted by Crippen LogP contribution is -2.17. The highest BCUT2D eigenvalue weighted by Crippen LogP contribution is 2.13. The van der Waals surface area contributed by atoms with E-state index in [-0.39, 0.29) is 18.0 Å². The lowest BCUT2D eigenvalue weighted by Gasteiger charge is -2.15. The van der Waals surface area contributed by atoms with Crippen LogP contribution in [-0.2, 0) is 9.47 Å². The first-order chi connectivity index (χ1) is 11.0. The summed E-state index contributed by atoms with van der Waals surface area (Å²) >= 11 is 0. The minimum Gasteiger partial charge on any atom is -0.462 e. The van der Waals surface area contributed by atoms with Gasteiger partial charge >= 0.3 is 11.9 Å². The maximum absolute atomic E-state index is 12.1. The second kappa shape index (κ2) is 10.0. The summed E-state index contributed by atoms with van der Waals surface area (Å²) in [4.78, 5) is 24.0. The summed E-state index contributed by atoms with van der Waals surface area (Å²) in [5.74, 6) is -0.412. The SMILES string of the molecule is CCCCC(CC)OC(=O)c1ccc(C(=O)OCC(C)C)cc1. The Balaban J connectivity index is 2.61. The van der Waals surface area contributed by atoms with Crippen LogP contribution in [0.15, 0.2) is 24.3 Å². The quantitative estimate of drug-likeness (QED) is 0.623. The Morgan fingerprint density at radius 2 is 1.57 bits per heavy atom. The summed E-state index contributed by atoms with van der Waals surface area (Å²) in [5, 5.41) is 0. The topological polar surface area (TPSA) is 52.6 Å². The van der Waals surface area contributed by atoms with Crippen LogP contribution in [0.2, 0.25) is 0 Å². The molecule has 1 aromatic rings. The van der Waals surface area contributed by atoms with Crippen molar-refractivity contribution in [3.63, 3.8) is 0 Å². The molecule has 0 amide bonds. The van der Waals surface area contributed by atoms with Crippen molar-refractivity contribution < 1.29 is 19.1 Å².